The van der Waals surface area contributed by atoms with Crippen LogP contribution in [0.25, 0.3) is 54.6 Å². The van der Waals surface area contributed by atoms with Gasteiger partial charge in [0.25, 0.3) is 0 Å². The van der Waals surface area contributed by atoms with Crippen molar-refractivity contribution in [1.29, 1.82) is 0 Å². The maximum Gasteiger partial charge on any atom is 0.0794 e. The molecule has 8 rings (SSSR count). The summed E-state index contributed by atoms with van der Waals surface area (Å²) in [6, 6.07) is 51.6. The van der Waals surface area contributed by atoms with Gasteiger partial charge in [0.2, 0.25) is 0 Å². The lowest BCUT2D eigenvalue weighted by Gasteiger charge is -2.26. The van der Waals surface area contributed by atoms with E-state index in [1.807, 2.05) is 11.8 Å². The van der Waals surface area contributed by atoms with Crippen molar-refractivity contribution in [3.8, 4) is 22.4 Å². The molecule has 0 saturated carbocycles. The molecular formula is C43H25Br4NS. The molecule has 0 saturated heterocycles. The molecule has 1 aliphatic rings. The summed E-state index contributed by atoms with van der Waals surface area (Å²) < 4.78 is 4.20. The van der Waals surface area contributed by atoms with Crippen molar-refractivity contribution in [3.63, 3.8) is 0 Å². The van der Waals surface area contributed by atoms with Crippen LogP contribution in [0, 0.1) is 0 Å². The van der Waals surface area contributed by atoms with Gasteiger partial charge in [-0.3, -0.25) is 0 Å². The quantitative estimate of drug-likeness (QED) is 0.171. The first-order valence-corrected chi connectivity index (χ1v) is 19.6. The third-order valence-corrected chi connectivity index (χ3v) is 11.9. The molecule has 236 valence electrons. The molecular weight excluding hydrogens is 882 g/mol. The van der Waals surface area contributed by atoms with Crippen LogP contribution >= 0.6 is 75.5 Å². The van der Waals surface area contributed by atoms with Crippen LogP contribution in [0.1, 0.15) is 27.9 Å². The number of halogens is 4. The lowest BCUT2D eigenvalue weighted by Crippen LogP contribution is -2.03. The number of nitrogens with zero attached hydrogens (tertiary/aromatic N) is 1. The van der Waals surface area contributed by atoms with Crippen LogP contribution in [0.5, 0.6) is 0 Å². The van der Waals surface area contributed by atoms with Gasteiger partial charge in [0, 0.05) is 49.8 Å². The second kappa shape index (κ2) is 14.0. The van der Waals surface area contributed by atoms with E-state index in [0.29, 0.717) is 0 Å². The van der Waals surface area contributed by atoms with E-state index in [2.05, 4.69) is 215 Å². The first-order chi connectivity index (χ1) is 23.9. The summed E-state index contributed by atoms with van der Waals surface area (Å²) in [4.78, 5) is 7.89. The molecule has 6 heteroatoms. The Morgan fingerprint density at radius 1 is 0.449 bits per heavy atom. The van der Waals surface area contributed by atoms with Crippen LogP contribution in [-0.4, -0.2) is 4.98 Å². The molecule has 0 N–H and O–H groups in total. The van der Waals surface area contributed by atoms with Gasteiger partial charge in [0.05, 0.1) is 11.4 Å². The first kappa shape index (κ1) is 32.7. The van der Waals surface area contributed by atoms with Crippen LogP contribution in [0.4, 0.5) is 0 Å². The number of fused-ring (bicyclic) bond motifs is 2. The van der Waals surface area contributed by atoms with Gasteiger partial charge in [-0.05, 0) is 87.8 Å². The lowest BCUT2D eigenvalue weighted by atomic mass is 9.90. The van der Waals surface area contributed by atoms with Crippen LogP contribution in [-0.2, 0) is 0 Å². The number of aromatic nitrogens is 1. The molecule has 0 fully saturated rings. The van der Waals surface area contributed by atoms with Gasteiger partial charge < -0.3 is 0 Å². The molecule has 0 unspecified atom stereocenters. The van der Waals surface area contributed by atoms with Gasteiger partial charge in [-0.25, -0.2) is 4.98 Å². The Labute approximate surface area is 323 Å². The van der Waals surface area contributed by atoms with E-state index < -0.39 is 0 Å². The summed E-state index contributed by atoms with van der Waals surface area (Å²) in [6.45, 7) is 0. The van der Waals surface area contributed by atoms with E-state index in [1.54, 1.807) is 0 Å². The molecule has 0 radical (unpaired) electrons. The molecule has 7 aromatic rings. The Balaban J connectivity index is 1.39. The fourth-order valence-corrected chi connectivity index (χ4v) is 8.64. The Hall–Kier alpha value is -3.52. The average molecular weight is 907 g/mol. The smallest absolute Gasteiger partial charge is 0.0794 e. The molecule has 1 aliphatic heterocycles. The Kier molecular flexibility index (Phi) is 9.34. The molecule has 0 atom stereocenters. The zero-order chi connectivity index (χ0) is 33.5. The fraction of sp³-hybridized carbons (Fsp3) is 0. The fourth-order valence-electron chi connectivity index (χ4n) is 6.32. The molecule has 0 amide bonds. The second-order valence-electron chi connectivity index (χ2n) is 11.7. The normalized spacial score (nSPS) is 13.6. The highest BCUT2D eigenvalue weighted by molar-refractivity contribution is 9.11. The van der Waals surface area contributed by atoms with E-state index in [9.17, 15) is 0 Å². The summed E-state index contributed by atoms with van der Waals surface area (Å²) in [5.74, 6) is 0. The topological polar surface area (TPSA) is 12.9 Å². The standard InChI is InChI=1S/C43H25Br4NS/c44-30-17-9-26(10-18-30)40-36-7-3-1-5-34(36)38(48-42(40)28-13-21-32(46)22-14-28)25-39-35-6-2-4-8-37(35)41(27-11-19-31(45)20-12-27)43(49-39)29-15-23-33(47)24-16-29/h1-25H/b39-25-. The largest absolute Gasteiger partial charge is 0.247 e. The molecule has 49 heavy (non-hydrogen) atoms. The Bertz CT molecular complexity index is 2410. The minimum atomic E-state index is 0.939. The van der Waals surface area contributed by atoms with Crippen molar-refractivity contribution in [3.05, 3.63) is 191 Å². The van der Waals surface area contributed by atoms with Crippen molar-refractivity contribution in [2.24, 2.45) is 0 Å². The predicted octanol–water partition coefficient (Wildman–Crippen LogP) is 14.8. The van der Waals surface area contributed by atoms with E-state index in [4.69, 9.17) is 4.98 Å². The minimum Gasteiger partial charge on any atom is -0.247 e. The zero-order valence-electron chi connectivity index (χ0n) is 25.8. The van der Waals surface area contributed by atoms with Gasteiger partial charge >= 0.3 is 0 Å². The molecule has 0 aliphatic carbocycles. The summed E-state index contributed by atoms with van der Waals surface area (Å²) in [5.41, 5.74) is 11.2. The van der Waals surface area contributed by atoms with Crippen molar-refractivity contribution >= 4 is 108 Å². The first-order valence-electron chi connectivity index (χ1n) is 15.6. The molecule has 0 spiro atoms. The SMILES string of the molecule is Brc1ccc(C2=C(c3ccc(Br)cc3)c3ccccc3/C(=C/c3nc(-c4ccc(Br)cc4)c(-c4ccc(Br)cc4)c4ccccc34)S2)cc1. The zero-order valence-corrected chi connectivity index (χ0v) is 33.0. The maximum atomic E-state index is 5.52. The predicted molar refractivity (Wildman–Crippen MR) is 224 cm³/mol. The summed E-state index contributed by atoms with van der Waals surface area (Å²) in [6.07, 6.45) is 2.29. The highest BCUT2D eigenvalue weighted by Gasteiger charge is 2.26. The van der Waals surface area contributed by atoms with Gasteiger partial charge in [0.15, 0.2) is 0 Å². The number of pyridine rings is 1. The molecule has 1 nitrogen and oxygen atoms in total. The van der Waals surface area contributed by atoms with E-state index >= 15 is 0 Å². The molecule has 6 aromatic carbocycles. The minimum absolute atomic E-state index is 0.939. The van der Waals surface area contributed by atoms with E-state index in [-0.39, 0.29) is 0 Å². The van der Waals surface area contributed by atoms with Crippen molar-refractivity contribution in [2.45, 2.75) is 0 Å². The van der Waals surface area contributed by atoms with Crippen LogP contribution in [0.15, 0.2) is 163 Å². The highest BCUT2D eigenvalue weighted by atomic mass is 79.9. The molecule has 0 bridgehead atoms. The third kappa shape index (κ3) is 6.58. The number of hydrogen-bond acceptors (Lipinski definition) is 2. The second-order valence-corrected chi connectivity index (χ2v) is 16.4. The Morgan fingerprint density at radius 2 is 0.918 bits per heavy atom. The number of hydrogen-bond donors (Lipinski definition) is 0. The average Bonchev–Trinajstić information content (AvgIpc) is 3.13. The maximum absolute atomic E-state index is 5.52. The van der Waals surface area contributed by atoms with Crippen LogP contribution in [0.2, 0.25) is 0 Å². The van der Waals surface area contributed by atoms with Crippen molar-refractivity contribution in [1.82, 2.24) is 4.98 Å². The highest BCUT2D eigenvalue weighted by Crippen LogP contribution is 2.53. The number of rotatable bonds is 5. The van der Waals surface area contributed by atoms with Crippen molar-refractivity contribution in [2.75, 3.05) is 0 Å². The summed E-state index contributed by atoms with van der Waals surface area (Å²) >= 11 is 16.4. The number of benzene rings is 6. The third-order valence-electron chi connectivity index (χ3n) is 8.60. The monoisotopic (exact) mass is 903 g/mol. The van der Waals surface area contributed by atoms with Gasteiger partial charge in [-0.1, -0.05) is 173 Å². The summed E-state index contributed by atoms with van der Waals surface area (Å²) in [5, 5.41) is 2.28. The van der Waals surface area contributed by atoms with Crippen LogP contribution < -0.4 is 0 Å². The van der Waals surface area contributed by atoms with Gasteiger partial charge in [0.1, 0.15) is 0 Å². The van der Waals surface area contributed by atoms with E-state index in [1.165, 1.54) is 32.7 Å². The summed E-state index contributed by atoms with van der Waals surface area (Å²) in [7, 11) is 0. The number of thioether (sulfide) groups is 1. The van der Waals surface area contributed by atoms with Crippen molar-refractivity contribution < 1.29 is 0 Å². The lowest BCUT2D eigenvalue weighted by molar-refractivity contribution is 1.32. The van der Waals surface area contributed by atoms with E-state index in [0.717, 1.165) is 61.6 Å². The van der Waals surface area contributed by atoms with Gasteiger partial charge in [-0.15, -0.1) is 0 Å². The molecule has 2 heterocycles. The Morgan fingerprint density at radius 3 is 1.51 bits per heavy atom. The van der Waals surface area contributed by atoms with Gasteiger partial charge in [-0.2, -0.15) is 0 Å². The van der Waals surface area contributed by atoms with Crippen LogP contribution in [0.3, 0.4) is 0 Å². The molecule has 1 aromatic heterocycles.